The van der Waals surface area contributed by atoms with Crippen molar-refractivity contribution in [3.8, 4) is 0 Å². The molecule has 0 atom stereocenters. The molecule has 1 aliphatic rings. The molecule has 8 nitrogen and oxygen atoms in total. The van der Waals surface area contributed by atoms with E-state index in [0.717, 1.165) is 32.4 Å². The number of nitrogens with one attached hydrogen (secondary N) is 1. The van der Waals surface area contributed by atoms with Gasteiger partial charge in [-0.15, -0.1) is 0 Å². The molecule has 1 N–H and O–H groups in total. The number of nitrogens with zero attached hydrogens (tertiary/aromatic N) is 4. The molecule has 1 saturated heterocycles. The predicted octanol–water partition coefficient (Wildman–Crippen LogP) is 2.53. The number of aryl methyl sites for hydroxylation is 2. The zero-order valence-electron chi connectivity index (χ0n) is 15.7. The number of amides is 1. The molecule has 2 aromatic rings. The Balaban J connectivity index is 1.51. The van der Waals surface area contributed by atoms with Crippen LogP contribution in [0, 0.1) is 23.0 Å². The number of nitro groups is 1. The Kier molecular flexibility index (Phi) is 5.73. The Hall–Kier alpha value is -2.90. The highest BCUT2D eigenvalue weighted by Crippen LogP contribution is 2.27. The number of benzene rings is 1. The van der Waals surface area contributed by atoms with E-state index in [2.05, 4.69) is 34.7 Å². The Morgan fingerprint density at radius 1 is 1.30 bits per heavy atom. The maximum absolute atomic E-state index is 12.5. The van der Waals surface area contributed by atoms with E-state index in [1.807, 2.05) is 11.0 Å². The topological polar surface area (TPSA) is 93.3 Å². The molecule has 1 aliphatic heterocycles. The van der Waals surface area contributed by atoms with Crippen LogP contribution in [0.3, 0.4) is 0 Å². The molecule has 0 spiro atoms. The Labute approximate surface area is 158 Å². The largest absolute Gasteiger partial charge is 0.355 e. The van der Waals surface area contributed by atoms with Gasteiger partial charge in [-0.05, 0) is 37.7 Å². The summed E-state index contributed by atoms with van der Waals surface area (Å²) in [6.07, 6.45) is 3.00. The fourth-order valence-corrected chi connectivity index (χ4v) is 3.67. The van der Waals surface area contributed by atoms with Crippen LogP contribution in [-0.2, 0) is 18.3 Å². The molecule has 8 heteroatoms. The molecular weight excluding hydrogens is 346 g/mol. The minimum absolute atomic E-state index is 0.0309. The molecule has 0 bridgehead atoms. The molecule has 0 aliphatic carbocycles. The number of rotatable bonds is 6. The fourth-order valence-electron chi connectivity index (χ4n) is 3.67. The van der Waals surface area contributed by atoms with Crippen LogP contribution < -0.4 is 5.32 Å². The number of piperidine rings is 1. The van der Waals surface area contributed by atoms with Crippen molar-refractivity contribution >= 4 is 17.4 Å². The van der Waals surface area contributed by atoms with Gasteiger partial charge in [-0.3, -0.25) is 14.9 Å². The second kappa shape index (κ2) is 8.20. The van der Waals surface area contributed by atoms with Crippen LogP contribution in [0.2, 0.25) is 0 Å². The highest BCUT2D eigenvalue weighted by Gasteiger charge is 2.26. The minimum Gasteiger partial charge on any atom is -0.355 e. The molecule has 3 rings (SSSR count). The van der Waals surface area contributed by atoms with Gasteiger partial charge in [-0.1, -0.05) is 30.3 Å². The third kappa shape index (κ3) is 4.45. The first kappa shape index (κ1) is 18.9. The van der Waals surface area contributed by atoms with Gasteiger partial charge in [0.25, 0.3) is 0 Å². The number of carbonyl (C=O) groups is 1. The van der Waals surface area contributed by atoms with Gasteiger partial charge in [0.1, 0.15) is 5.69 Å². The SMILES string of the molecule is Cc1nn(C)c(NCC(=O)N2CCC(Cc3ccccc3)CC2)c1[N+](=O)[O-]. The molecule has 1 fully saturated rings. The second-order valence-corrected chi connectivity index (χ2v) is 7.03. The summed E-state index contributed by atoms with van der Waals surface area (Å²) < 4.78 is 1.41. The molecular formula is C19H25N5O3. The predicted molar refractivity (Wildman–Crippen MR) is 103 cm³/mol. The maximum Gasteiger partial charge on any atom is 0.333 e. The van der Waals surface area contributed by atoms with E-state index in [1.165, 1.54) is 10.2 Å². The molecule has 0 unspecified atom stereocenters. The molecule has 27 heavy (non-hydrogen) atoms. The molecule has 1 aromatic carbocycles. The van der Waals surface area contributed by atoms with Crippen molar-refractivity contribution in [2.75, 3.05) is 25.0 Å². The summed E-state index contributed by atoms with van der Waals surface area (Å²) in [5.41, 5.74) is 1.59. The van der Waals surface area contributed by atoms with Crippen molar-refractivity contribution in [1.29, 1.82) is 0 Å². The van der Waals surface area contributed by atoms with Gasteiger partial charge in [0.2, 0.25) is 11.7 Å². The number of hydrogen-bond donors (Lipinski definition) is 1. The normalized spacial score (nSPS) is 15.0. The summed E-state index contributed by atoms with van der Waals surface area (Å²) in [4.78, 5) is 25.1. The standard InChI is InChI=1S/C19H25N5O3/c1-14-18(24(26)27)19(22(2)21-14)20-13-17(25)23-10-8-16(9-11-23)12-15-6-4-3-5-7-15/h3-7,16,20H,8-13H2,1-2H3. The molecule has 144 valence electrons. The minimum atomic E-state index is -0.468. The fraction of sp³-hybridized carbons (Fsp3) is 0.474. The molecule has 0 radical (unpaired) electrons. The van der Waals surface area contributed by atoms with E-state index in [1.54, 1.807) is 14.0 Å². The van der Waals surface area contributed by atoms with Gasteiger partial charge in [0.05, 0.1) is 11.5 Å². The smallest absolute Gasteiger partial charge is 0.333 e. The Morgan fingerprint density at radius 2 is 1.96 bits per heavy atom. The van der Waals surface area contributed by atoms with E-state index < -0.39 is 4.92 Å². The van der Waals surface area contributed by atoms with Crippen molar-refractivity contribution in [2.45, 2.75) is 26.2 Å². The molecule has 0 saturated carbocycles. The quantitative estimate of drug-likeness (QED) is 0.622. The number of likely N-dealkylation sites (tertiary alicyclic amines) is 1. The van der Waals surface area contributed by atoms with Gasteiger partial charge < -0.3 is 10.2 Å². The average molecular weight is 371 g/mol. The lowest BCUT2D eigenvalue weighted by Gasteiger charge is -2.32. The highest BCUT2D eigenvalue weighted by molar-refractivity contribution is 5.81. The molecule has 1 amide bonds. The van der Waals surface area contributed by atoms with Gasteiger partial charge in [0, 0.05) is 20.1 Å². The van der Waals surface area contributed by atoms with Crippen molar-refractivity contribution < 1.29 is 9.72 Å². The van der Waals surface area contributed by atoms with Crippen molar-refractivity contribution in [3.63, 3.8) is 0 Å². The zero-order valence-corrected chi connectivity index (χ0v) is 15.7. The molecule has 1 aromatic heterocycles. The van der Waals surface area contributed by atoms with E-state index in [-0.39, 0.29) is 24.0 Å². The number of hydrogen-bond acceptors (Lipinski definition) is 5. The Bertz CT molecular complexity index is 810. The van der Waals surface area contributed by atoms with Crippen LogP contribution in [0.4, 0.5) is 11.5 Å². The van der Waals surface area contributed by atoms with Crippen LogP contribution >= 0.6 is 0 Å². The van der Waals surface area contributed by atoms with Gasteiger partial charge in [-0.25, -0.2) is 4.68 Å². The maximum atomic E-state index is 12.5. The van der Waals surface area contributed by atoms with Gasteiger partial charge >= 0.3 is 5.69 Å². The monoisotopic (exact) mass is 371 g/mol. The molecule has 2 heterocycles. The van der Waals surface area contributed by atoms with Crippen molar-refractivity contribution in [1.82, 2.24) is 14.7 Å². The van der Waals surface area contributed by atoms with Crippen molar-refractivity contribution in [3.05, 3.63) is 51.7 Å². The number of aromatic nitrogens is 2. The zero-order chi connectivity index (χ0) is 19.4. The number of anilines is 1. The van der Waals surface area contributed by atoms with E-state index >= 15 is 0 Å². The van der Waals surface area contributed by atoms with Crippen LogP contribution in [0.5, 0.6) is 0 Å². The summed E-state index contributed by atoms with van der Waals surface area (Å²) in [5, 5.41) is 18.2. The summed E-state index contributed by atoms with van der Waals surface area (Å²) in [6, 6.07) is 10.4. The van der Waals surface area contributed by atoms with Crippen LogP contribution in [0.25, 0.3) is 0 Å². The van der Waals surface area contributed by atoms with E-state index in [0.29, 0.717) is 11.6 Å². The summed E-state index contributed by atoms with van der Waals surface area (Å²) in [7, 11) is 1.63. The van der Waals surface area contributed by atoms with E-state index in [9.17, 15) is 14.9 Å². The summed E-state index contributed by atoms with van der Waals surface area (Å²) >= 11 is 0. The third-order valence-electron chi connectivity index (χ3n) is 5.11. The first-order valence-corrected chi connectivity index (χ1v) is 9.19. The lowest BCUT2D eigenvalue weighted by atomic mass is 9.90. The van der Waals surface area contributed by atoms with Gasteiger partial charge in [-0.2, -0.15) is 5.10 Å². The lowest BCUT2D eigenvalue weighted by Crippen LogP contribution is -2.41. The second-order valence-electron chi connectivity index (χ2n) is 7.03. The van der Waals surface area contributed by atoms with Crippen molar-refractivity contribution in [2.24, 2.45) is 13.0 Å². The number of carbonyl (C=O) groups excluding carboxylic acids is 1. The summed E-state index contributed by atoms with van der Waals surface area (Å²) in [6.45, 7) is 3.07. The van der Waals surface area contributed by atoms with Crippen LogP contribution in [0.15, 0.2) is 30.3 Å². The third-order valence-corrected chi connectivity index (χ3v) is 5.11. The van der Waals surface area contributed by atoms with Gasteiger partial charge in [0.15, 0.2) is 0 Å². The highest BCUT2D eigenvalue weighted by atomic mass is 16.6. The lowest BCUT2D eigenvalue weighted by molar-refractivity contribution is -0.384. The first-order chi connectivity index (χ1) is 13.0. The Morgan fingerprint density at radius 3 is 2.59 bits per heavy atom. The average Bonchev–Trinajstić information content (AvgIpc) is 2.94. The van der Waals surface area contributed by atoms with E-state index in [4.69, 9.17) is 0 Å². The first-order valence-electron chi connectivity index (χ1n) is 9.19. The summed E-state index contributed by atoms with van der Waals surface area (Å²) in [5.74, 6) is 0.816. The van der Waals surface area contributed by atoms with Crippen LogP contribution in [-0.4, -0.2) is 45.1 Å². The van der Waals surface area contributed by atoms with Crippen LogP contribution in [0.1, 0.15) is 24.1 Å².